The van der Waals surface area contributed by atoms with Crippen molar-refractivity contribution in [1.29, 1.82) is 0 Å². The number of hydrogen-bond acceptors (Lipinski definition) is 4. The number of nitrogens with zero attached hydrogens (tertiary/aromatic N) is 2. The van der Waals surface area contributed by atoms with Gasteiger partial charge in [-0.15, -0.1) is 0 Å². The van der Waals surface area contributed by atoms with Gasteiger partial charge >= 0.3 is 0 Å². The molecule has 0 bridgehead atoms. The molecule has 1 saturated carbocycles. The highest BCUT2D eigenvalue weighted by molar-refractivity contribution is 5.03. The smallest absolute Gasteiger partial charge is 0.0771 e. The highest BCUT2D eigenvalue weighted by Crippen LogP contribution is 2.28. The molecular weight excluding hydrogens is 286 g/mol. The Hall–Kier alpha value is -0.970. The molecule has 3 rings (SSSR count). The monoisotopic (exact) mass is 317 g/mol. The van der Waals surface area contributed by atoms with E-state index in [9.17, 15) is 5.11 Å². The average molecular weight is 317 g/mol. The van der Waals surface area contributed by atoms with Gasteiger partial charge in [0.15, 0.2) is 0 Å². The molecule has 2 fully saturated rings. The first-order valence-electron chi connectivity index (χ1n) is 9.23. The van der Waals surface area contributed by atoms with Crippen LogP contribution >= 0.6 is 0 Å². The molecule has 0 spiro atoms. The zero-order valence-electron chi connectivity index (χ0n) is 14.4. The number of nitrogens with one attached hydrogen (secondary N) is 1. The molecule has 4 nitrogen and oxygen atoms in total. The van der Waals surface area contributed by atoms with Crippen LogP contribution in [0.2, 0.25) is 0 Å². The number of likely N-dealkylation sites (tertiary alicyclic amines) is 1. The van der Waals surface area contributed by atoms with Crippen LogP contribution in [0.15, 0.2) is 24.4 Å². The van der Waals surface area contributed by atoms with Crippen LogP contribution in [-0.2, 0) is 6.54 Å². The molecule has 4 heteroatoms. The quantitative estimate of drug-likeness (QED) is 0.876. The van der Waals surface area contributed by atoms with Gasteiger partial charge in [-0.2, -0.15) is 0 Å². The fourth-order valence-electron chi connectivity index (χ4n) is 4.11. The lowest BCUT2D eigenvalue weighted by atomic mass is 9.84. The fourth-order valence-corrected chi connectivity index (χ4v) is 4.11. The first-order chi connectivity index (χ1) is 11.1. The minimum Gasteiger partial charge on any atom is -0.389 e. The summed E-state index contributed by atoms with van der Waals surface area (Å²) < 4.78 is 0. The van der Waals surface area contributed by atoms with Crippen molar-refractivity contribution >= 4 is 0 Å². The topological polar surface area (TPSA) is 48.4 Å². The Morgan fingerprint density at radius 2 is 2.13 bits per heavy atom. The van der Waals surface area contributed by atoms with Crippen LogP contribution in [0.3, 0.4) is 0 Å². The first kappa shape index (κ1) is 16.9. The molecule has 23 heavy (non-hydrogen) atoms. The number of piperidine rings is 1. The summed E-state index contributed by atoms with van der Waals surface area (Å²) in [5, 5.41) is 14.3. The molecule has 1 aliphatic carbocycles. The zero-order valence-corrected chi connectivity index (χ0v) is 14.4. The van der Waals surface area contributed by atoms with Gasteiger partial charge < -0.3 is 10.4 Å². The maximum absolute atomic E-state index is 10.7. The summed E-state index contributed by atoms with van der Waals surface area (Å²) in [6.45, 7) is 6.25. The molecule has 0 aromatic carbocycles. The van der Waals surface area contributed by atoms with Crippen LogP contribution in [0.25, 0.3) is 0 Å². The molecule has 0 radical (unpaired) electrons. The van der Waals surface area contributed by atoms with E-state index >= 15 is 0 Å². The number of rotatable bonds is 5. The molecule has 1 aromatic rings. The Balaban J connectivity index is 1.45. The van der Waals surface area contributed by atoms with Crippen LogP contribution in [0.5, 0.6) is 0 Å². The second-order valence-electron chi connectivity index (χ2n) is 7.59. The number of aliphatic hydroxyl groups is 1. The van der Waals surface area contributed by atoms with E-state index in [-0.39, 0.29) is 0 Å². The van der Waals surface area contributed by atoms with Crippen molar-refractivity contribution in [3.8, 4) is 0 Å². The van der Waals surface area contributed by atoms with Crippen molar-refractivity contribution in [2.75, 3.05) is 19.6 Å². The highest BCUT2D eigenvalue weighted by atomic mass is 16.3. The van der Waals surface area contributed by atoms with Crippen molar-refractivity contribution in [3.05, 3.63) is 30.1 Å². The van der Waals surface area contributed by atoms with Crippen molar-refractivity contribution < 1.29 is 5.11 Å². The highest BCUT2D eigenvalue weighted by Gasteiger charge is 2.32. The van der Waals surface area contributed by atoms with E-state index in [2.05, 4.69) is 34.3 Å². The van der Waals surface area contributed by atoms with E-state index in [1.54, 1.807) is 0 Å². The minimum absolute atomic E-state index is 0.455. The second kappa shape index (κ2) is 7.73. The molecule has 2 heterocycles. The Bertz CT molecular complexity index is 473. The largest absolute Gasteiger partial charge is 0.389 e. The van der Waals surface area contributed by atoms with E-state index in [4.69, 9.17) is 0 Å². The molecule has 2 aliphatic rings. The molecule has 0 amide bonds. The number of hydrogen-bond donors (Lipinski definition) is 2. The van der Waals surface area contributed by atoms with Gasteiger partial charge in [-0.3, -0.25) is 9.88 Å². The summed E-state index contributed by atoms with van der Waals surface area (Å²) in [5.41, 5.74) is 0.700. The summed E-state index contributed by atoms with van der Waals surface area (Å²) >= 11 is 0. The van der Waals surface area contributed by atoms with Crippen LogP contribution in [-0.4, -0.2) is 46.3 Å². The fraction of sp³-hybridized carbons (Fsp3) is 0.737. The molecule has 1 saturated heterocycles. The summed E-state index contributed by atoms with van der Waals surface area (Å²) in [4.78, 5) is 6.93. The Labute approximate surface area is 140 Å². The van der Waals surface area contributed by atoms with Crippen molar-refractivity contribution in [3.63, 3.8) is 0 Å². The average Bonchev–Trinajstić information content (AvgIpc) is 2.56. The van der Waals surface area contributed by atoms with Gasteiger partial charge in [0.05, 0.1) is 11.3 Å². The first-order valence-corrected chi connectivity index (χ1v) is 9.23. The second-order valence-corrected chi connectivity index (χ2v) is 7.59. The summed E-state index contributed by atoms with van der Waals surface area (Å²) in [6, 6.07) is 6.66. The molecule has 128 valence electrons. The normalized spacial score (nSPS) is 28.6. The Morgan fingerprint density at radius 3 is 2.83 bits per heavy atom. The van der Waals surface area contributed by atoms with Gasteiger partial charge in [-0.25, -0.2) is 0 Å². The SMILES string of the molecule is CC1CN(Cc2ccccn2)CCC1NCC1(O)CCCCC1. The number of pyridine rings is 1. The zero-order chi connectivity index (χ0) is 16.1. The van der Waals surface area contributed by atoms with Crippen LogP contribution in [0, 0.1) is 5.92 Å². The third-order valence-corrected chi connectivity index (χ3v) is 5.58. The minimum atomic E-state index is -0.455. The van der Waals surface area contributed by atoms with Crippen molar-refractivity contribution in [2.45, 2.75) is 63.6 Å². The van der Waals surface area contributed by atoms with Crippen LogP contribution in [0.1, 0.15) is 51.1 Å². The summed E-state index contributed by atoms with van der Waals surface area (Å²) in [6.07, 6.45) is 8.60. The third kappa shape index (κ3) is 4.75. The van der Waals surface area contributed by atoms with Gasteiger partial charge in [0.1, 0.15) is 0 Å². The van der Waals surface area contributed by atoms with Gasteiger partial charge in [0, 0.05) is 38.4 Å². The summed E-state index contributed by atoms with van der Waals surface area (Å²) in [5.74, 6) is 0.611. The maximum Gasteiger partial charge on any atom is 0.0771 e. The van der Waals surface area contributed by atoms with Gasteiger partial charge in [0.25, 0.3) is 0 Å². The van der Waals surface area contributed by atoms with Gasteiger partial charge in [0.2, 0.25) is 0 Å². The standard InChI is InChI=1S/C19H31N3O/c1-16-13-22(14-17-7-3-6-11-20-17)12-8-18(16)21-15-19(23)9-4-2-5-10-19/h3,6-7,11,16,18,21,23H,2,4-5,8-10,12-15H2,1H3. The predicted octanol–water partition coefficient (Wildman–Crippen LogP) is 2.58. The molecule has 2 N–H and O–H groups in total. The molecule has 1 aliphatic heterocycles. The van der Waals surface area contributed by atoms with E-state index in [1.165, 1.54) is 19.3 Å². The van der Waals surface area contributed by atoms with Crippen LogP contribution in [0.4, 0.5) is 0 Å². The van der Waals surface area contributed by atoms with Gasteiger partial charge in [-0.05, 0) is 37.3 Å². The third-order valence-electron chi connectivity index (χ3n) is 5.58. The number of aromatic nitrogens is 1. The van der Waals surface area contributed by atoms with Crippen molar-refractivity contribution in [1.82, 2.24) is 15.2 Å². The lowest BCUT2D eigenvalue weighted by molar-refractivity contribution is -0.00192. The lowest BCUT2D eigenvalue weighted by Gasteiger charge is -2.40. The van der Waals surface area contributed by atoms with E-state index in [0.717, 1.165) is 51.1 Å². The lowest BCUT2D eigenvalue weighted by Crippen LogP contribution is -2.52. The van der Waals surface area contributed by atoms with Crippen molar-refractivity contribution in [2.24, 2.45) is 5.92 Å². The van der Waals surface area contributed by atoms with Crippen LogP contribution < -0.4 is 5.32 Å². The van der Waals surface area contributed by atoms with E-state index < -0.39 is 5.60 Å². The molecule has 2 atom stereocenters. The predicted molar refractivity (Wildman–Crippen MR) is 93.1 cm³/mol. The summed E-state index contributed by atoms with van der Waals surface area (Å²) in [7, 11) is 0. The Morgan fingerprint density at radius 1 is 1.30 bits per heavy atom. The molecular formula is C19H31N3O. The van der Waals surface area contributed by atoms with E-state index in [1.807, 2.05) is 12.3 Å². The maximum atomic E-state index is 10.7. The van der Waals surface area contributed by atoms with Gasteiger partial charge in [-0.1, -0.05) is 32.3 Å². The molecule has 1 aromatic heterocycles. The van der Waals surface area contributed by atoms with E-state index in [0.29, 0.717) is 12.0 Å². The Kier molecular flexibility index (Phi) is 5.67. The molecule has 2 unspecified atom stereocenters.